The van der Waals surface area contributed by atoms with Gasteiger partial charge in [0.05, 0.1) is 12.7 Å². The van der Waals surface area contributed by atoms with E-state index in [2.05, 4.69) is 4.74 Å². The van der Waals surface area contributed by atoms with E-state index >= 15 is 0 Å². The van der Waals surface area contributed by atoms with Crippen molar-refractivity contribution < 1.29 is 19.4 Å². The molecule has 0 fully saturated rings. The molecule has 0 aliphatic rings. The Morgan fingerprint density at radius 1 is 1.42 bits per heavy atom. The summed E-state index contributed by atoms with van der Waals surface area (Å²) in [6.45, 7) is 2.14. The zero-order valence-electron chi connectivity index (χ0n) is 10.9. The van der Waals surface area contributed by atoms with E-state index in [4.69, 9.17) is 11.6 Å². The SMILES string of the molecule is CCCN(CC(=O)OC)C(=O)c1ccc(Cl)cc1O. The smallest absolute Gasteiger partial charge is 0.325 e. The van der Waals surface area contributed by atoms with Crippen LogP contribution in [0, 0.1) is 0 Å². The lowest BCUT2D eigenvalue weighted by molar-refractivity contribution is -0.141. The molecule has 0 aromatic heterocycles. The first-order valence-electron chi connectivity index (χ1n) is 5.84. The Balaban J connectivity index is 2.95. The number of hydrogen-bond acceptors (Lipinski definition) is 4. The highest BCUT2D eigenvalue weighted by Gasteiger charge is 2.21. The maximum atomic E-state index is 12.2. The van der Waals surface area contributed by atoms with Gasteiger partial charge in [-0.15, -0.1) is 0 Å². The van der Waals surface area contributed by atoms with Crippen molar-refractivity contribution in [1.82, 2.24) is 4.90 Å². The number of halogens is 1. The highest BCUT2D eigenvalue weighted by atomic mass is 35.5. The van der Waals surface area contributed by atoms with Crippen LogP contribution in [0.1, 0.15) is 23.7 Å². The molecular formula is C13H16ClNO4. The average Bonchev–Trinajstić information content (AvgIpc) is 2.37. The van der Waals surface area contributed by atoms with E-state index in [0.29, 0.717) is 18.0 Å². The maximum absolute atomic E-state index is 12.2. The van der Waals surface area contributed by atoms with Crippen LogP contribution in [0.2, 0.25) is 5.02 Å². The summed E-state index contributed by atoms with van der Waals surface area (Å²) in [5, 5.41) is 10.1. The Bertz CT molecular complexity index is 476. The normalized spacial score (nSPS) is 10.1. The molecule has 1 aromatic rings. The Morgan fingerprint density at radius 3 is 2.63 bits per heavy atom. The van der Waals surface area contributed by atoms with Crippen molar-refractivity contribution in [3.63, 3.8) is 0 Å². The first-order valence-corrected chi connectivity index (χ1v) is 6.22. The topological polar surface area (TPSA) is 66.8 Å². The molecule has 19 heavy (non-hydrogen) atoms. The zero-order chi connectivity index (χ0) is 14.4. The number of carbonyl (C=O) groups is 2. The number of esters is 1. The minimum absolute atomic E-state index is 0.113. The van der Waals surface area contributed by atoms with Crippen LogP contribution < -0.4 is 0 Å². The van der Waals surface area contributed by atoms with Gasteiger partial charge in [0.15, 0.2) is 0 Å². The second kappa shape index (κ2) is 6.99. The molecule has 1 amide bonds. The number of carbonyl (C=O) groups excluding carboxylic acids is 2. The van der Waals surface area contributed by atoms with Crippen molar-refractivity contribution in [2.75, 3.05) is 20.2 Å². The Morgan fingerprint density at radius 2 is 2.11 bits per heavy atom. The number of rotatable bonds is 5. The van der Waals surface area contributed by atoms with Crippen LogP contribution in [-0.4, -0.2) is 42.1 Å². The predicted octanol–water partition coefficient (Wildman–Crippen LogP) is 2.07. The Hall–Kier alpha value is -1.75. The van der Waals surface area contributed by atoms with Gasteiger partial charge in [-0.3, -0.25) is 9.59 Å². The molecule has 0 radical (unpaired) electrons. The summed E-state index contributed by atoms with van der Waals surface area (Å²) in [5.74, 6) is -1.14. The minimum atomic E-state index is -0.504. The van der Waals surface area contributed by atoms with Crippen LogP contribution in [0.4, 0.5) is 0 Å². The monoisotopic (exact) mass is 285 g/mol. The summed E-state index contributed by atoms with van der Waals surface area (Å²) >= 11 is 5.71. The third kappa shape index (κ3) is 4.13. The lowest BCUT2D eigenvalue weighted by atomic mass is 10.1. The molecule has 5 nitrogen and oxygen atoms in total. The molecule has 0 aliphatic carbocycles. The number of methoxy groups -OCH3 is 1. The van der Waals surface area contributed by atoms with Crippen molar-refractivity contribution in [2.45, 2.75) is 13.3 Å². The van der Waals surface area contributed by atoms with Crippen LogP contribution in [0.3, 0.4) is 0 Å². The summed E-state index contributed by atoms with van der Waals surface area (Å²) in [6.07, 6.45) is 0.692. The summed E-state index contributed by atoms with van der Waals surface area (Å²) < 4.78 is 4.55. The number of phenolic OH excluding ortho intramolecular Hbond substituents is 1. The predicted molar refractivity (Wildman–Crippen MR) is 71.3 cm³/mol. The average molecular weight is 286 g/mol. The van der Waals surface area contributed by atoms with Crippen LogP contribution in [-0.2, 0) is 9.53 Å². The molecule has 1 aromatic carbocycles. The van der Waals surface area contributed by atoms with Crippen molar-refractivity contribution >= 4 is 23.5 Å². The first-order chi connectivity index (χ1) is 8.99. The molecular weight excluding hydrogens is 270 g/mol. The molecule has 0 spiro atoms. The Kier molecular flexibility index (Phi) is 5.63. The quantitative estimate of drug-likeness (QED) is 0.841. The molecule has 0 heterocycles. The molecule has 1 rings (SSSR count). The van der Waals surface area contributed by atoms with E-state index < -0.39 is 11.9 Å². The van der Waals surface area contributed by atoms with E-state index in [0.717, 1.165) is 0 Å². The molecule has 0 saturated heterocycles. The molecule has 104 valence electrons. The number of amides is 1. The number of hydrogen-bond donors (Lipinski definition) is 1. The summed E-state index contributed by atoms with van der Waals surface area (Å²) in [7, 11) is 1.26. The van der Waals surface area contributed by atoms with Gasteiger partial charge in [-0.1, -0.05) is 18.5 Å². The van der Waals surface area contributed by atoms with Crippen molar-refractivity contribution in [3.05, 3.63) is 28.8 Å². The van der Waals surface area contributed by atoms with Crippen LogP contribution >= 0.6 is 11.6 Å². The van der Waals surface area contributed by atoms with Crippen LogP contribution in [0.15, 0.2) is 18.2 Å². The molecule has 0 unspecified atom stereocenters. The van der Waals surface area contributed by atoms with Crippen molar-refractivity contribution in [1.29, 1.82) is 0 Å². The third-order valence-electron chi connectivity index (χ3n) is 2.52. The molecule has 0 bridgehead atoms. The van der Waals surface area contributed by atoms with Gasteiger partial charge in [0, 0.05) is 11.6 Å². The number of benzene rings is 1. The van der Waals surface area contributed by atoms with E-state index in [1.165, 1.54) is 30.2 Å². The van der Waals surface area contributed by atoms with Crippen LogP contribution in [0.25, 0.3) is 0 Å². The fourth-order valence-corrected chi connectivity index (χ4v) is 1.77. The van der Waals surface area contributed by atoms with Gasteiger partial charge in [0.1, 0.15) is 12.3 Å². The second-order valence-corrected chi connectivity index (χ2v) is 4.40. The van der Waals surface area contributed by atoms with Crippen molar-refractivity contribution in [3.8, 4) is 5.75 Å². The number of ether oxygens (including phenoxy) is 1. The van der Waals surface area contributed by atoms with Gasteiger partial charge >= 0.3 is 5.97 Å². The number of phenols is 1. The molecule has 1 N–H and O–H groups in total. The second-order valence-electron chi connectivity index (χ2n) is 3.96. The maximum Gasteiger partial charge on any atom is 0.325 e. The van der Waals surface area contributed by atoms with E-state index in [1.54, 1.807) is 0 Å². The van der Waals surface area contributed by atoms with Gasteiger partial charge < -0.3 is 14.7 Å². The van der Waals surface area contributed by atoms with E-state index in [-0.39, 0.29) is 17.9 Å². The molecule has 0 saturated carbocycles. The molecule has 0 aliphatic heterocycles. The lowest BCUT2D eigenvalue weighted by Crippen LogP contribution is -2.36. The summed E-state index contributed by atoms with van der Waals surface area (Å²) in [5.41, 5.74) is 0.113. The highest BCUT2D eigenvalue weighted by molar-refractivity contribution is 6.30. The van der Waals surface area contributed by atoms with E-state index in [9.17, 15) is 14.7 Å². The van der Waals surface area contributed by atoms with Crippen LogP contribution in [0.5, 0.6) is 5.75 Å². The number of nitrogens with zero attached hydrogens (tertiary/aromatic N) is 1. The van der Waals surface area contributed by atoms with Gasteiger partial charge in [-0.2, -0.15) is 0 Å². The van der Waals surface area contributed by atoms with Gasteiger partial charge in [0.2, 0.25) is 0 Å². The lowest BCUT2D eigenvalue weighted by Gasteiger charge is -2.21. The van der Waals surface area contributed by atoms with Gasteiger partial charge in [0.25, 0.3) is 5.91 Å². The number of aromatic hydroxyl groups is 1. The molecule has 6 heteroatoms. The summed E-state index contributed by atoms with van der Waals surface area (Å²) in [6, 6.07) is 4.23. The van der Waals surface area contributed by atoms with Gasteiger partial charge in [-0.25, -0.2) is 0 Å². The first kappa shape index (κ1) is 15.3. The standard InChI is InChI=1S/C13H16ClNO4/c1-3-6-15(8-12(17)19-2)13(18)10-5-4-9(14)7-11(10)16/h4-5,7,16H,3,6,8H2,1-2H3. The fraction of sp³-hybridized carbons (Fsp3) is 0.385. The summed E-state index contributed by atoms with van der Waals surface area (Å²) in [4.78, 5) is 24.8. The third-order valence-corrected chi connectivity index (χ3v) is 2.75. The molecule has 0 atom stereocenters. The minimum Gasteiger partial charge on any atom is -0.507 e. The van der Waals surface area contributed by atoms with E-state index in [1.807, 2.05) is 6.92 Å². The van der Waals surface area contributed by atoms with Gasteiger partial charge in [-0.05, 0) is 24.6 Å². The zero-order valence-corrected chi connectivity index (χ0v) is 11.6. The Labute approximate surface area is 116 Å². The fourth-order valence-electron chi connectivity index (χ4n) is 1.60. The highest BCUT2D eigenvalue weighted by Crippen LogP contribution is 2.23. The van der Waals surface area contributed by atoms with Crippen molar-refractivity contribution in [2.24, 2.45) is 0 Å². The largest absolute Gasteiger partial charge is 0.507 e.